The zero-order chi connectivity index (χ0) is 13.8. The summed E-state index contributed by atoms with van der Waals surface area (Å²) in [6.45, 7) is 2.87. The lowest BCUT2D eigenvalue weighted by Gasteiger charge is -2.34. The van der Waals surface area contributed by atoms with Crippen LogP contribution < -0.4 is 10.5 Å². The molecule has 0 spiro atoms. The molecule has 1 aliphatic carbocycles. The summed E-state index contributed by atoms with van der Waals surface area (Å²) < 4.78 is 5.29. The lowest BCUT2D eigenvalue weighted by atomic mass is 9.98. The van der Waals surface area contributed by atoms with Crippen LogP contribution >= 0.6 is 0 Å². The van der Waals surface area contributed by atoms with Crippen molar-refractivity contribution in [2.24, 2.45) is 5.73 Å². The van der Waals surface area contributed by atoms with E-state index >= 15 is 0 Å². The minimum atomic E-state index is 0.0132. The van der Waals surface area contributed by atoms with Gasteiger partial charge >= 0.3 is 0 Å². The van der Waals surface area contributed by atoms with Crippen molar-refractivity contribution in [1.29, 1.82) is 0 Å². The Kier molecular flexibility index (Phi) is 4.80. The van der Waals surface area contributed by atoms with Gasteiger partial charge in [-0.2, -0.15) is 0 Å². The maximum Gasteiger partial charge on any atom is 0.119 e. The van der Waals surface area contributed by atoms with Gasteiger partial charge in [-0.15, -0.1) is 0 Å². The van der Waals surface area contributed by atoms with E-state index in [1.807, 2.05) is 25.1 Å². The number of hydrogen-bond acceptors (Lipinski definition) is 4. The summed E-state index contributed by atoms with van der Waals surface area (Å²) in [5.74, 6) is 0.850. The van der Waals surface area contributed by atoms with Gasteiger partial charge in [0.1, 0.15) is 5.75 Å². The highest BCUT2D eigenvalue weighted by atomic mass is 16.5. The fraction of sp³-hybridized carbons (Fsp3) is 0.600. The quantitative estimate of drug-likeness (QED) is 0.784. The van der Waals surface area contributed by atoms with Crippen LogP contribution in [0.4, 0.5) is 0 Å². The molecule has 1 saturated carbocycles. The van der Waals surface area contributed by atoms with Crippen LogP contribution in [0.25, 0.3) is 0 Å². The normalized spacial score (nSPS) is 18.4. The molecule has 0 aliphatic heterocycles. The molecule has 1 aromatic carbocycles. The van der Waals surface area contributed by atoms with E-state index in [0.717, 1.165) is 11.3 Å². The lowest BCUT2D eigenvalue weighted by Crippen LogP contribution is -2.42. The van der Waals surface area contributed by atoms with Crippen molar-refractivity contribution in [1.82, 2.24) is 4.90 Å². The van der Waals surface area contributed by atoms with Gasteiger partial charge in [-0.25, -0.2) is 0 Å². The summed E-state index contributed by atoms with van der Waals surface area (Å²) in [4.78, 5) is 2.33. The van der Waals surface area contributed by atoms with Gasteiger partial charge in [-0.05, 0) is 37.5 Å². The van der Waals surface area contributed by atoms with Gasteiger partial charge in [-0.1, -0.05) is 12.1 Å². The fourth-order valence-corrected chi connectivity index (χ4v) is 2.69. The zero-order valence-corrected chi connectivity index (χ0v) is 11.7. The summed E-state index contributed by atoms with van der Waals surface area (Å²) in [6, 6.07) is 8.77. The molecular formula is C15H24N2O2. The van der Waals surface area contributed by atoms with Gasteiger partial charge in [0, 0.05) is 18.6 Å². The van der Waals surface area contributed by atoms with Crippen molar-refractivity contribution in [3.05, 3.63) is 29.8 Å². The SMILES string of the molecule is COc1cccc(C(C(C)N)N(CCO)C2CC2)c1. The molecule has 0 radical (unpaired) electrons. The van der Waals surface area contributed by atoms with Crippen LogP contribution in [0, 0.1) is 0 Å². The second-order valence-corrected chi connectivity index (χ2v) is 5.27. The molecule has 2 rings (SSSR count). The van der Waals surface area contributed by atoms with Crippen LogP contribution in [0.2, 0.25) is 0 Å². The number of aliphatic hydroxyl groups excluding tert-OH is 1. The summed E-state index contributed by atoms with van der Waals surface area (Å²) in [5, 5.41) is 9.28. The molecule has 3 N–H and O–H groups in total. The molecule has 0 amide bonds. The summed E-state index contributed by atoms with van der Waals surface area (Å²) in [7, 11) is 1.67. The van der Waals surface area contributed by atoms with Gasteiger partial charge in [0.25, 0.3) is 0 Å². The first-order chi connectivity index (χ1) is 9.17. The minimum absolute atomic E-state index is 0.0132. The Hall–Kier alpha value is -1.10. The zero-order valence-electron chi connectivity index (χ0n) is 11.7. The molecule has 2 unspecified atom stereocenters. The van der Waals surface area contributed by atoms with Crippen LogP contribution in [-0.4, -0.2) is 42.4 Å². The molecule has 1 fully saturated rings. The molecule has 0 aromatic heterocycles. The monoisotopic (exact) mass is 264 g/mol. The predicted molar refractivity (Wildman–Crippen MR) is 76.2 cm³/mol. The second-order valence-electron chi connectivity index (χ2n) is 5.27. The number of nitrogens with two attached hydrogens (primary N) is 1. The van der Waals surface area contributed by atoms with E-state index in [1.54, 1.807) is 7.11 Å². The molecule has 0 heterocycles. The summed E-state index contributed by atoms with van der Waals surface area (Å²) in [6.07, 6.45) is 2.40. The van der Waals surface area contributed by atoms with Gasteiger partial charge in [0.15, 0.2) is 0 Å². The standard InChI is InChI=1S/C15H24N2O2/c1-11(16)15(17(8-9-18)13-6-7-13)12-4-3-5-14(10-12)19-2/h3-5,10-11,13,15,18H,6-9,16H2,1-2H3. The smallest absolute Gasteiger partial charge is 0.119 e. The highest BCUT2D eigenvalue weighted by Crippen LogP contribution is 2.36. The number of hydrogen-bond donors (Lipinski definition) is 2. The van der Waals surface area contributed by atoms with Crippen molar-refractivity contribution in [2.45, 2.75) is 37.9 Å². The number of rotatable bonds is 7. The van der Waals surface area contributed by atoms with E-state index < -0.39 is 0 Å². The third kappa shape index (κ3) is 3.47. The second kappa shape index (κ2) is 6.37. The number of nitrogens with zero attached hydrogens (tertiary/aromatic N) is 1. The average Bonchev–Trinajstić information content (AvgIpc) is 3.22. The average molecular weight is 264 g/mol. The van der Waals surface area contributed by atoms with E-state index in [1.165, 1.54) is 12.8 Å². The Balaban J connectivity index is 2.26. The van der Waals surface area contributed by atoms with Gasteiger partial charge < -0.3 is 15.6 Å². The molecule has 4 heteroatoms. The summed E-state index contributed by atoms with van der Waals surface area (Å²) in [5.41, 5.74) is 7.35. The molecule has 0 saturated heterocycles. The third-order valence-electron chi connectivity index (χ3n) is 3.66. The van der Waals surface area contributed by atoms with Crippen LogP contribution in [0.1, 0.15) is 31.4 Å². The van der Waals surface area contributed by atoms with Gasteiger partial charge in [-0.3, -0.25) is 4.90 Å². The molecule has 4 nitrogen and oxygen atoms in total. The van der Waals surface area contributed by atoms with Crippen molar-refractivity contribution in [3.63, 3.8) is 0 Å². The number of ether oxygens (including phenoxy) is 1. The molecule has 1 aliphatic rings. The van der Waals surface area contributed by atoms with Crippen LogP contribution in [-0.2, 0) is 0 Å². The Labute approximate surface area is 115 Å². The fourth-order valence-electron chi connectivity index (χ4n) is 2.69. The Morgan fingerprint density at radius 1 is 1.47 bits per heavy atom. The predicted octanol–water partition coefficient (Wildman–Crippen LogP) is 1.54. The van der Waals surface area contributed by atoms with Crippen LogP contribution in [0.15, 0.2) is 24.3 Å². The Morgan fingerprint density at radius 2 is 2.21 bits per heavy atom. The van der Waals surface area contributed by atoms with Crippen molar-refractivity contribution < 1.29 is 9.84 Å². The first kappa shape index (κ1) is 14.3. The highest BCUT2D eigenvalue weighted by Gasteiger charge is 2.35. The van der Waals surface area contributed by atoms with Gasteiger partial charge in [0.05, 0.1) is 19.8 Å². The van der Waals surface area contributed by atoms with Crippen LogP contribution in [0.3, 0.4) is 0 Å². The molecule has 0 bridgehead atoms. The van der Waals surface area contributed by atoms with E-state index in [-0.39, 0.29) is 18.7 Å². The molecular weight excluding hydrogens is 240 g/mol. The lowest BCUT2D eigenvalue weighted by molar-refractivity contribution is 0.129. The Bertz CT molecular complexity index is 405. The molecule has 19 heavy (non-hydrogen) atoms. The van der Waals surface area contributed by atoms with Crippen molar-refractivity contribution in [3.8, 4) is 5.75 Å². The van der Waals surface area contributed by atoms with E-state index in [4.69, 9.17) is 10.5 Å². The first-order valence-electron chi connectivity index (χ1n) is 6.93. The number of aliphatic hydroxyl groups is 1. The topological polar surface area (TPSA) is 58.7 Å². The highest BCUT2D eigenvalue weighted by molar-refractivity contribution is 5.31. The first-order valence-corrected chi connectivity index (χ1v) is 6.93. The van der Waals surface area contributed by atoms with E-state index in [0.29, 0.717) is 12.6 Å². The maximum atomic E-state index is 9.28. The van der Waals surface area contributed by atoms with Crippen molar-refractivity contribution >= 4 is 0 Å². The largest absolute Gasteiger partial charge is 0.497 e. The maximum absolute atomic E-state index is 9.28. The van der Waals surface area contributed by atoms with E-state index in [9.17, 15) is 5.11 Å². The molecule has 1 aromatic rings. The third-order valence-corrected chi connectivity index (χ3v) is 3.66. The van der Waals surface area contributed by atoms with Crippen LogP contribution in [0.5, 0.6) is 5.75 Å². The van der Waals surface area contributed by atoms with Gasteiger partial charge in [0.2, 0.25) is 0 Å². The number of benzene rings is 1. The minimum Gasteiger partial charge on any atom is -0.497 e. The summed E-state index contributed by atoms with van der Waals surface area (Å²) >= 11 is 0. The van der Waals surface area contributed by atoms with Crippen molar-refractivity contribution in [2.75, 3.05) is 20.3 Å². The Morgan fingerprint density at radius 3 is 2.74 bits per heavy atom. The number of methoxy groups -OCH3 is 1. The molecule has 106 valence electrons. The molecule has 2 atom stereocenters. The van der Waals surface area contributed by atoms with E-state index in [2.05, 4.69) is 11.0 Å².